The van der Waals surface area contributed by atoms with Crippen LogP contribution in [0.4, 0.5) is 10.2 Å². The molecule has 4 aliphatic rings. The number of hydrogen-bond donors (Lipinski definition) is 2. The van der Waals surface area contributed by atoms with Gasteiger partial charge < -0.3 is 37.2 Å². The van der Waals surface area contributed by atoms with Gasteiger partial charge in [-0.05, 0) is 63.8 Å². The molecular formula is C34H46CsFN6O4. The predicted molar refractivity (Wildman–Crippen MR) is 172 cm³/mol. The third-order valence-electron chi connectivity index (χ3n) is 7.98. The normalized spacial score (nSPS) is 17.0. The van der Waals surface area contributed by atoms with E-state index in [1.807, 2.05) is 40.0 Å². The van der Waals surface area contributed by atoms with Crippen LogP contribution >= 0.6 is 0 Å². The Morgan fingerprint density at radius 1 is 1.09 bits per heavy atom. The maximum absolute atomic E-state index is 13.9. The third kappa shape index (κ3) is 9.43. The Morgan fingerprint density at radius 3 is 2.50 bits per heavy atom. The zero-order valence-corrected chi connectivity index (χ0v) is 34.3. The molecule has 0 atom stereocenters. The first-order valence-corrected chi connectivity index (χ1v) is 15.6. The van der Waals surface area contributed by atoms with E-state index in [0.29, 0.717) is 11.6 Å². The minimum absolute atomic E-state index is 0. The number of hydrogen-bond acceptors (Lipinski definition) is 9. The van der Waals surface area contributed by atoms with Gasteiger partial charge in [-0.25, -0.2) is 14.4 Å². The molecule has 1 amide bonds. The first kappa shape index (κ1) is 38.7. The van der Waals surface area contributed by atoms with Crippen molar-refractivity contribution in [2.45, 2.75) is 78.6 Å². The molecule has 0 bridgehead atoms. The molecule has 0 unspecified atom stereocenters. The van der Waals surface area contributed by atoms with Crippen molar-refractivity contribution in [3.8, 4) is 17.2 Å². The van der Waals surface area contributed by atoms with Crippen LogP contribution in [0.5, 0.6) is 17.2 Å². The summed E-state index contributed by atoms with van der Waals surface area (Å²) in [5, 5.41) is 6.12. The van der Waals surface area contributed by atoms with Gasteiger partial charge in [-0.3, -0.25) is 9.78 Å². The molecule has 12 heteroatoms. The number of aromatic nitrogens is 3. The number of halogens is 1. The van der Waals surface area contributed by atoms with Gasteiger partial charge in [0.1, 0.15) is 29.7 Å². The van der Waals surface area contributed by atoms with E-state index < -0.39 is 11.7 Å². The molecule has 3 aliphatic heterocycles. The van der Waals surface area contributed by atoms with Crippen LogP contribution in [-0.2, 0) is 17.8 Å². The summed E-state index contributed by atoms with van der Waals surface area (Å²) in [7, 11) is 0. The van der Waals surface area contributed by atoms with Crippen molar-refractivity contribution in [1.29, 1.82) is 0 Å². The van der Waals surface area contributed by atoms with Crippen LogP contribution in [-0.4, -0.2) is 59.3 Å². The topological polar surface area (TPSA) is 111 Å². The molecule has 2 N–H and O–H groups in total. The van der Waals surface area contributed by atoms with E-state index in [4.69, 9.17) is 14.2 Å². The molecule has 2 saturated heterocycles. The van der Waals surface area contributed by atoms with Crippen LogP contribution < -0.4 is 93.9 Å². The van der Waals surface area contributed by atoms with Crippen LogP contribution in [0.25, 0.3) is 0 Å². The summed E-state index contributed by atoms with van der Waals surface area (Å²) in [5.41, 5.74) is 2.56. The summed E-state index contributed by atoms with van der Waals surface area (Å²) in [6.45, 7) is 13.0. The van der Waals surface area contributed by atoms with Crippen molar-refractivity contribution in [2.75, 3.05) is 31.2 Å². The minimum atomic E-state index is -0.509. The molecule has 0 radical (unpaired) electrons. The van der Waals surface area contributed by atoms with Gasteiger partial charge in [0.2, 0.25) is 0 Å². The van der Waals surface area contributed by atoms with Crippen molar-refractivity contribution in [2.24, 2.45) is 5.41 Å². The molecule has 2 aromatic heterocycles. The number of amides is 1. The van der Waals surface area contributed by atoms with Crippen LogP contribution in [0.2, 0.25) is 0 Å². The van der Waals surface area contributed by atoms with E-state index >= 15 is 0 Å². The molecule has 7 rings (SSSR count). The summed E-state index contributed by atoms with van der Waals surface area (Å²) in [5.74, 6) is 1.36. The number of ether oxygens (including phenoxy) is 3. The van der Waals surface area contributed by atoms with E-state index in [0.717, 1.165) is 63.7 Å². The Kier molecular flexibility index (Phi) is 15.2. The summed E-state index contributed by atoms with van der Waals surface area (Å²) >= 11 is 0. The number of fused-ring (bicyclic) bond motifs is 1. The summed E-state index contributed by atoms with van der Waals surface area (Å²) in [6, 6.07) is 5.77. The molecule has 1 saturated carbocycles. The number of rotatable bonds is 7. The maximum atomic E-state index is 13.9. The van der Waals surface area contributed by atoms with Crippen LogP contribution in [0, 0.1) is 18.7 Å². The number of benzene rings is 1. The zero-order chi connectivity index (χ0) is 31.1. The zero-order valence-electron chi connectivity index (χ0n) is 28.1. The number of carbonyl (C=O) groups is 1. The van der Waals surface area contributed by atoms with Crippen molar-refractivity contribution in [3.05, 3.63) is 73.1 Å². The van der Waals surface area contributed by atoms with Gasteiger partial charge in [-0.1, -0.05) is 13.8 Å². The molecule has 3 fully saturated rings. The van der Waals surface area contributed by atoms with Gasteiger partial charge in [0.05, 0.1) is 17.5 Å². The Labute approximate surface area is 331 Å². The molecule has 5 heterocycles. The van der Waals surface area contributed by atoms with Gasteiger partial charge in [-0.2, -0.15) is 0 Å². The quantitative estimate of drug-likeness (QED) is 0.352. The SMILES string of the molecule is C1CCOC1.CC.CC(C)NC(=O)c1cc(F)ccc1Oc1cncnc1N1CC2(CC(Oc3ccnc4c3CNC4)C2)C1.[CH3-].[Cs+]. The molecular weight excluding hydrogens is 708 g/mol. The van der Waals surface area contributed by atoms with E-state index in [-0.39, 0.29) is 105 Å². The number of nitrogens with one attached hydrogen (secondary N) is 2. The summed E-state index contributed by atoms with van der Waals surface area (Å²) < 4.78 is 31.3. The summed E-state index contributed by atoms with van der Waals surface area (Å²) in [6.07, 6.45) is 9.58. The van der Waals surface area contributed by atoms with Gasteiger partial charge in [0.15, 0.2) is 11.6 Å². The van der Waals surface area contributed by atoms with Crippen LogP contribution in [0.15, 0.2) is 43.0 Å². The van der Waals surface area contributed by atoms with Gasteiger partial charge in [0, 0.05) is 62.6 Å². The van der Waals surface area contributed by atoms with Crippen LogP contribution in [0.1, 0.15) is 75.0 Å². The fourth-order valence-electron chi connectivity index (χ4n) is 5.97. The van der Waals surface area contributed by atoms with Gasteiger partial charge in [0.25, 0.3) is 5.91 Å². The Morgan fingerprint density at radius 2 is 1.83 bits per heavy atom. The fraction of sp³-hybridized carbons (Fsp3) is 0.500. The van der Waals surface area contributed by atoms with Gasteiger partial charge >= 0.3 is 68.9 Å². The Balaban J connectivity index is 0.000000577. The number of anilines is 1. The third-order valence-corrected chi connectivity index (χ3v) is 7.98. The van der Waals surface area contributed by atoms with E-state index in [1.165, 1.54) is 42.9 Å². The van der Waals surface area contributed by atoms with Crippen molar-refractivity contribution in [3.63, 3.8) is 0 Å². The molecule has 46 heavy (non-hydrogen) atoms. The minimum Gasteiger partial charge on any atom is -0.490 e. The standard InChI is InChI=1S/C27H29FN6O3.C4H8O.C2H6.CH3.Cs/c1-16(2)33-26(35)19-7-17(28)3-4-22(19)37-24-12-30-15-32-25(24)34-13-27(14-34)8-18(9-27)36-23-5-6-31-21-11-29-10-20(21)23;1-2-4-5-3-1;1-2;;/h3-7,12,15-16,18,29H,8-11,13-14H2,1-2H3,(H,33,35);1-4H2;1-2H3;1H3;/q;;;-1;+1. The molecule has 3 aromatic rings. The smallest absolute Gasteiger partial charge is 0.490 e. The Bertz CT molecular complexity index is 1420. The van der Waals surface area contributed by atoms with E-state index in [9.17, 15) is 9.18 Å². The molecule has 1 aromatic carbocycles. The second-order valence-electron chi connectivity index (χ2n) is 11.7. The summed E-state index contributed by atoms with van der Waals surface area (Å²) in [4.78, 5) is 27.8. The Hall–Kier alpha value is -1.78. The van der Waals surface area contributed by atoms with Gasteiger partial charge in [-0.15, -0.1) is 0 Å². The second-order valence-corrected chi connectivity index (χ2v) is 11.7. The van der Waals surface area contributed by atoms with Crippen molar-refractivity contribution in [1.82, 2.24) is 25.6 Å². The fourth-order valence-corrected chi connectivity index (χ4v) is 5.97. The second kappa shape index (κ2) is 18.1. The van der Waals surface area contributed by atoms with E-state index in [2.05, 4.69) is 30.5 Å². The van der Waals surface area contributed by atoms with E-state index in [1.54, 1.807) is 6.20 Å². The maximum Gasteiger partial charge on any atom is 1.00 e. The molecule has 1 aliphatic carbocycles. The largest absolute Gasteiger partial charge is 1.00 e. The average molecular weight is 755 g/mol. The van der Waals surface area contributed by atoms with Crippen molar-refractivity contribution < 1.29 is 92.3 Å². The average Bonchev–Trinajstić information content (AvgIpc) is 3.72. The number of carbonyl (C=O) groups excluding carboxylic acids is 1. The number of nitrogens with zero attached hydrogens (tertiary/aromatic N) is 4. The molecule has 1 spiro atoms. The predicted octanol–water partition coefficient (Wildman–Crippen LogP) is 2.87. The number of pyridine rings is 1. The first-order valence-electron chi connectivity index (χ1n) is 15.6. The molecule has 10 nitrogen and oxygen atoms in total. The van der Waals surface area contributed by atoms with Crippen molar-refractivity contribution >= 4 is 11.7 Å². The molecule has 244 valence electrons. The first-order chi connectivity index (χ1) is 21.4. The van der Waals surface area contributed by atoms with Crippen LogP contribution in [0.3, 0.4) is 0 Å². The monoisotopic (exact) mass is 754 g/mol.